The summed E-state index contributed by atoms with van der Waals surface area (Å²) >= 11 is 0. The molecule has 0 aliphatic carbocycles. The number of pyridine rings is 1. The SMILES string of the molecule is Cc1ccc(-c2ccc(CO)c(OC(F)(F)F)c2)cn1. The van der Waals surface area contributed by atoms with E-state index in [0.717, 1.165) is 5.69 Å². The molecule has 3 nitrogen and oxygen atoms in total. The lowest BCUT2D eigenvalue weighted by atomic mass is 10.0. The Balaban J connectivity index is 2.41. The lowest BCUT2D eigenvalue weighted by molar-refractivity contribution is -0.275. The molecule has 1 N–H and O–H groups in total. The summed E-state index contributed by atoms with van der Waals surface area (Å²) in [7, 11) is 0. The lowest BCUT2D eigenvalue weighted by Crippen LogP contribution is -2.18. The molecule has 6 heteroatoms. The third-order valence-corrected chi connectivity index (χ3v) is 2.71. The van der Waals surface area contributed by atoms with E-state index < -0.39 is 18.7 Å². The number of nitrogens with zero attached hydrogens (tertiary/aromatic N) is 1. The van der Waals surface area contributed by atoms with Crippen molar-refractivity contribution < 1.29 is 23.0 Å². The maximum absolute atomic E-state index is 12.3. The first kappa shape index (κ1) is 14.3. The van der Waals surface area contributed by atoms with Gasteiger partial charge in [-0.3, -0.25) is 4.98 Å². The summed E-state index contributed by atoms with van der Waals surface area (Å²) in [5.41, 5.74) is 2.10. The zero-order chi connectivity index (χ0) is 14.8. The average Bonchev–Trinajstić information content (AvgIpc) is 2.37. The van der Waals surface area contributed by atoms with Crippen molar-refractivity contribution in [2.75, 3.05) is 0 Å². The van der Waals surface area contributed by atoms with Gasteiger partial charge < -0.3 is 9.84 Å². The molecule has 0 saturated carbocycles. The van der Waals surface area contributed by atoms with E-state index in [1.165, 1.54) is 12.1 Å². The highest BCUT2D eigenvalue weighted by atomic mass is 19.4. The maximum atomic E-state index is 12.3. The van der Waals surface area contributed by atoms with E-state index in [1.807, 2.05) is 6.92 Å². The van der Waals surface area contributed by atoms with Crippen LogP contribution in [0, 0.1) is 6.92 Å². The molecular weight excluding hydrogens is 271 g/mol. The Morgan fingerprint density at radius 2 is 1.85 bits per heavy atom. The molecule has 1 aromatic heterocycles. The Kier molecular flexibility index (Phi) is 3.94. The largest absolute Gasteiger partial charge is 0.573 e. The minimum absolute atomic E-state index is 0.0751. The Morgan fingerprint density at radius 3 is 2.40 bits per heavy atom. The second-order valence-corrected chi connectivity index (χ2v) is 4.22. The highest BCUT2D eigenvalue weighted by molar-refractivity contribution is 5.65. The number of halogens is 3. The van der Waals surface area contributed by atoms with Crippen molar-refractivity contribution in [1.29, 1.82) is 0 Å². The molecule has 1 heterocycles. The van der Waals surface area contributed by atoms with Crippen molar-refractivity contribution >= 4 is 0 Å². The first-order valence-corrected chi connectivity index (χ1v) is 5.81. The lowest BCUT2D eigenvalue weighted by Gasteiger charge is -2.13. The fraction of sp³-hybridized carbons (Fsp3) is 0.214. The molecule has 2 aromatic rings. The summed E-state index contributed by atoms with van der Waals surface area (Å²) in [6.45, 7) is 1.29. The van der Waals surface area contributed by atoms with Crippen molar-refractivity contribution in [3.63, 3.8) is 0 Å². The van der Waals surface area contributed by atoms with Crippen LogP contribution >= 0.6 is 0 Å². The zero-order valence-electron chi connectivity index (χ0n) is 10.6. The first-order valence-electron chi connectivity index (χ1n) is 5.81. The number of alkyl halides is 3. The summed E-state index contributed by atoms with van der Waals surface area (Å²) in [5.74, 6) is -0.405. The van der Waals surface area contributed by atoms with Gasteiger partial charge in [-0.1, -0.05) is 18.2 Å². The Hall–Kier alpha value is -2.08. The van der Waals surface area contributed by atoms with Gasteiger partial charge in [0.05, 0.1) is 6.61 Å². The Morgan fingerprint density at radius 1 is 1.15 bits per heavy atom. The minimum atomic E-state index is -4.80. The quantitative estimate of drug-likeness (QED) is 0.938. The number of aromatic nitrogens is 1. The van der Waals surface area contributed by atoms with Gasteiger partial charge in [-0.15, -0.1) is 13.2 Å². The second-order valence-electron chi connectivity index (χ2n) is 4.22. The molecule has 2 rings (SSSR count). The van der Waals surface area contributed by atoms with Gasteiger partial charge in [-0.25, -0.2) is 0 Å². The molecule has 20 heavy (non-hydrogen) atoms. The van der Waals surface area contributed by atoms with Gasteiger partial charge in [0.15, 0.2) is 0 Å². The third-order valence-electron chi connectivity index (χ3n) is 2.71. The van der Waals surface area contributed by atoms with Crippen LogP contribution in [0.4, 0.5) is 13.2 Å². The maximum Gasteiger partial charge on any atom is 0.573 e. The third kappa shape index (κ3) is 3.48. The van der Waals surface area contributed by atoms with E-state index in [4.69, 9.17) is 5.11 Å². The molecule has 1 aromatic carbocycles. The summed E-state index contributed by atoms with van der Waals surface area (Å²) in [4.78, 5) is 4.09. The molecule has 0 aliphatic rings. The molecule has 0 saturated heterocycles. The molecule has 0 amide bonds. The van der Waals surface area contributed by atoms with Crippen LogP contribution in [0.25, 0.3) is 11.1 Å². The monoisotopic (exact) mass is 283 g/mol. The van der Waals surface area contributed by atoms with E-state index >= 15 is 0 Å². The number of aryl methyl sites for hydroxylation is 1. The van der Waals surface area contributed by atoms with Crippen molar-refractivity contribution in [3.8, 4) is 16.9 Å². The number of hydrogen-bond donors (Lipinski definition) is 1. The van der Waals surface area contributed by atoms with E-state index in [1.54, 1.807) is 24.4 Å². The van der Waals surface area contributed by atoms with Gasteiger partial charge in [0.1, 0.15) is 5.75 Å². The average molecular weight is 283 g/mol. The molecule has 0 atom stereocenters. The van der Waals surface area contributed by atoms with Crippen LogP contribution in [0.3, 0.4) is 0 Å². The fourth-order valence-electron chi connectivity index (χ4n) is 1.72. The van der Waals surface area contributed by atoms with Gasteiger partial charge in [-0.05, 0) is 24.6 Å². The molecule has 0 radical (unpaired) electrons. The minimum Gasteiger partial charge on any atom is -0.405 e. The van der Waals surface area contributed by atoms with Crippen LogP contribution in [0.1, 0.15) is 11.3 Å². The van der Waals surface area contributed by atoms with Crippen LogP contribution in [0.5, 0.6) is 5.75 Å². The van der Waals surface area contributed by atoms with Gasteiger partial charge in [0.2, 0.25) is 0 Å². The molecule has 0 aliphatic heterocycles. The summed E-state index contributed by atoms with van der Waals surface area (Å²) in [5, 5.41) is 9.05. The topological polar surface area (TPSA) is 42.4 Å². The second kappa shape index (κ2) is 5.50. The highest BCUT2D eigenvalue weighted by Crippen LogP contribution is 2.31. The summed E-state index contributed by atoms with van der Waals surface area (Å²) < 4.78 is 40.9. The van der Waals surface area contributed by atoms with Gasteiger partial charge in [-0.2, -0.15) is 0 Å². The zero-order valence-corrected chi connectivity index (χ0v) is 10.6. The number of aliphatic hydroxyl groups excluding tert-OH is 1. The van der Waals surface area contributed by atoms with Gasteiger partial charge >= 0.3 is 6.36 Å². The van der Waals surface area contributed by atoms with Crippen molar-refractivity contribution in [3.05, 3.63) is 47.8 Å². The van der Waals surface area contributed by atoms with Crippen molar-refractivity contribution in [2.24, 2.45) is 0 Å². The van der Waals surface area contributed by atoms with Crippen LogP contribution in [-0.2, 0) is 6.61 Å². The predicted octanol–water partition coefficient (Wildman–Crippen LogP) is 3.45. The van der Waals surface area contributed by atoms with Crippen molar-refractivity contribution in [1.82, 2.24) is 4.98 Å². The molecule has 0 fully saturated rings. The Labute approximate surface area is 113 Å². The normalized spacial score (nSPS) is 11.4. The van der Waals surface area contributed by atoms with Crippen LogP contribution in [0.2, 0.25) is 0 Å². The number of ether oxygens (including phenoxy) is 1. The molecule has 0 bridgehead atoms. The molecular formula is C14H12F3NO2. The number of rotatable bonds is 3. The number of hydrogen-bond acceptors (Lipinski definition) is 3. The van der Waals surface area contributed by atoms with E-state index in [9.17, 15) is 13.2 Å². The summed E-state index contributed by atoms with van der Waals surface area (Å²) in [6.07, 6.45) is -3.23. The Bertz CT molecular complexity index is 594. The molecule has 106 valence electrons. The van der Waals surface area contributed by atoms with Gasteiger partial charge in [0.25, 0.3) is 0 Å². The van der Waals surface area contributed by atoms with Gasteiger partial charge in [0, 0.05) is 23.0 Å². The molecule has 0 spiro atoms. The highest BCUT2D eigenvalue weighted by Gasteiger charge is 2.32. The van der Waals surface area contributed by atoms with Crippen molar-refractivity contribution in [2.45, 2.75) is 19.9 Å². The first-order chi connectivity index (χ1) is 9.39. The number of aliphatic hydroxyl groups is 1. The predicted molar refractivity (Wildman–Crippen MR) is 67.0 cm³/mol. The smallest absolute Gasteiger partial charge is 0.405 e. The van der Waals surface area contributed by atoms with Crippen LogP contribution in [0.15, 0.2) is 36.5 Å². The standard InChI is InChI=1S/C14H12F3NO2/c1-9-2-3-11(7-18-9)10-4-5-12(8-19)13(6-10)20-14(15,16)17/h2-7,19H,8H2,1H3. The van der Waals surface area contributed by atoms with E-state index in [0.29, 0.717) is 11.1 Å². The summed E-state index contributed by atoms with van der Waals surface area (Å²) in [6, 6.07) is 7.77. The van der Waals surface area contributed by atoms with Crippen LogP contribution < -0.4 is 4.74 Å². The van der Waals surface area contributed by atoms with E-state index in [2.05, 4.69) is 9.72 Å². The van der Waals surface area contributed by atoms with Crippen LogP contribution in [-0.4, -0.2) is 16.5 Å². The molecule has 0 unspecified atom stereocenters. The fourth-order valence-corrected chi connectivity index (χ4v) is 1.72. The number of benzene rings is 1. The van der Waals surface area contributed by atoms with E-state index in [-0.39, 0.29) is 5.56 Å².